The van der Waals surface area contributed by atoms with E-state index in [1.807, 2.05) is 0 Å². The molecule has 0 radical (unpaired) electrons. The predicted molar refractivity (Wildman–Crippen MR) is 26.1 cm³/mol. The van der Waals surface area contributed by atoms with Crippen LogP contribution in [0.1, 0.15) is 0 Å². The minimum atomic E-state index is -4.61. The summed E-state index contributed by atoms with van der Waals surface area (Å²) in [6.07, 6.45) is 0. The van der Waals surface area contributed by atoms with Crippen molar-refractivity contribution in [3.63, 3.8) is 0 Å². The van der Waals surface area contributed by atoms with Gasteiger partial charge in [-0.25, -0.2) is 0 Å². The molecule has 0 unspecified atom stereocenters. The first-order valence-electron chi connectivity index (χ1n) is 0.894. The molecular weight excluding hydrogens is 160 g/mol. The molecule has 32 valence electrons. The Morgan fingerprint density at radius 3 is 0.857 bits per heavy atom. The van der Waals surface area contributed by atoms with Crippen LogP contribution >= 0.6 is 0 Å². The third kappa shape index (κ3) is 98.1. The molecule has 0 aliphatic heterocycles. The van der Waals surface area contributed by atoms with Crippen molar-refractivity contribution < 1.29 is 19.2 Å². The molecule has 0 aliphatic rings. The van der Waals surface area contributed by atoms with Crippen LogP contribution in [0.4, 0.5) is 0 Å². The van der Waals surface area contributed by atoms with Crippen molar-refractivity contribution in [3.8, 4) is 0 Å². The van der Waals surface area contributed by atoms with E-state index >= 15 is 0 Å². The van der Waals surface area contributed by atoms with Gasteiger partial charge in [-0.05, 0) is 0 Å². The molecule has 4 nitrogen and oxygen atoms in total. The van der Waals surface area contributed by atoms with Crippen LogP contribution in [0.15, 0.2) is 0 Å². The molecule has 0 aromatic carbocycles. The van der Waals surface area contributed by atoms with Gasteiger partial charge in [0.25, 0.3) is 0 Å². The second kappa shape index (κ2) is 5.67. The van der Waals surface area contributed by atoms with Crippen molar-refractivity contribution in [2.75, 3.05) is 0 Å². The van der Waals surface area contributed by atoms with Crippen LogP contribution in [0.3, 0.4) is 0 Å². The summed E-state index contributed by atoms with van der Waals surface area (Å²) in [6, 6.07) is 0. The van der Waals surface area contributed by atoms with E-state index in [9.17, 15) is 0 Å². The summed E-state index contributed by atoms with van der Waals surface area (Å²) >= 11 is 0. The van der Waals surface area contributed by atoms with Crippen molar-refractivity contribution in [1.82, 2.24) is 0 Å². The van der Waals surface area contributed by atoms with Gasteiger partial charge in [0.05, 0.1) is 0 Å². The molecule has 0 heterocycles. The third-order valence-electron chi connectivity index (χ3n) is 0. The Kier molecular flexibility index (Phi) is 12.8. The van der Waals surface area contributed by atoms with Gasteiger partial charge in [-0.1, -0.05) is 0 Å². The van der Waals surface area contributed by atoms with Crippen molar-refractivity contribution >= 4 is 57.8 Å². The van der Waals surface area contributed by atoms with Crippen molar-refractivity contribution in [3.05, 3.63) is 0 Å². The predicted octanol–water partition coefficient (Wildman–Crippen LogP) is -3.37. The summed E-state index contributed by atoms with van der Waals surface area (Å²) in [7, 11) is -4.61. The van der Waals surface area contributed by atoms with E-state index in [1.165, 1.54) is 0 Å². The molecule has 0 atom stereocenters. The van der Waals surface area contributed by atoms with Gasteiger partial charge in [-0.3, -0.25) is 0 Å². The Balaban J connectivity index is -0.0000000800. The van der Waals surface area contributed by atoms with Gasteiger partial charge in [-0.2, -0.15) is 0 Å². The zero-order chi connectivity index (χ0) is 4.50. The monoisotopic (exact) mass is 164 g/mol. The quantitative estimate of drug-likeness (QED) is 0.282. The van der Waals surface area contributed by atoms with E-state index in [0.717, 1.165) is 0 Å². The van der Waals surface area contributed by atoms with E-state index in [0.29, 0.717) is 0 Å². The maximum atomic E-state index is 7.33. The zero-order valence-electron chi connectivity index (χ0n) is 3.50. The van der Waals surface area contributed by atoms with Crippen LogP contribution in [0.2, 0.25) is 0 Å². The molecule has 0 spiro atoms. The number of hydrogen-bond acceptors (Lipinski definition) is 4. The first-order chi connectivity index (χ1) is 2.00. The summed E-state index contributed by atoms with van der Waals surface area (Å²) in [5.41, 5.74) is 0. The van der Waals surface area contributed by atoms with Gasteiger partial charge in [0, 0.05) is 0 Å². The summed E-state index contributed by atoms with van der Waals surface area (Å²) in [6.45, 7) is 0. The van der Waals surface area contributed by atoms with Gasteiger partial charge < -0.3 is 19.2 Å². The molecule has 0 bridgehead atoms. The van der Waals surface area contributed by atoms with Crippen molar-refractivity contribution in [2.24, 2.45) is 0 Å². The molecule has 0 amide bonds. The Bertz CT molecular complexity index is 25.2. The van der Waals surface area contributed by atoms with Gasteiger partial charge >= 0.3 is 57.8 Å². The van der Waals surface area contributed by atoms with Crippen LogP contribution in [0.5, 0.6) is 0 Å². The Morgan fingerprint density at radius 1 is 0.857 bits per heavy atom. The van der Waals surface area contributed by atoms with Gasteiger partial charge in [0.1, 0.15) is 0 Å². The SMILES string of the molecule is O[Si](O)(O)O.[Ca+2].[Si+4]. The van der Waals surface area contributed by atoms with Gasteiger partial charge in [0.15, 0.2) is 0 Å². The second-order valence-corrected chi connectivity index (χ2v) is 1.80. The number of rotatable bonds is 0. The van der Waals surface area contributed by atoms with Crippen molar-refractivity contribution in [1.29, 1.82) is 0 Å². The van der Waals surface area contributed by atoms with Gasteiger partial charge in [-0.15, -0.1) is 0 Å². The largest absolute Gasteiger partial charge is 4.00 e. The molecule has 7 heavy (non-hydrogen) atoms. The normalized spacial score (nSPS) is 8.57. The average Bonchev–Trinajstić information content (AvgIpc) is 0.722. The van der Waals surface area contributed by atoms with E-state index in [1.54, 1.807) is 0 Å². The fourth-order valence-electron chi connectivity index (χ4n) is 0. The Labute approximate surface area is 76.3 Å². The van der Waals surface area contributed by atoms with Crippen molar-refractivity contribution in [2.45, 2.75) is 0 Å². The average molecular weight is 164 g/mol. The summed E-state index contributed by atoms with van der Waals surface area (Å²) in [5, 5.41) is 0. The maximum absolute atomic E-state index is 7.33. The van der Waals surface area contributed by atoms with E-state index in [2.05, 4.69) is 0 Å². The van der Waals surface area contributed by atoms with Crippen LogP contribution < -0.4 is 0 Å². The van der Waals surface area contributed by atoms with Gasteiger partial charge in [0.2, 0.25) is 0 Å². The standard InChI is InChI=1S/Ca.H4O4Si.Si/c;1-5(2,3)4;/h;1-4H;/q+2;;+4. The topological polar surface area (TPSA) is 80.9 Å². The Morgan fingerprint density at radius 2 is 0.857 bits per heavy atom. The molecule has 0 saturated carbocycles. The molecule has 0 rings (SSSR count). The first kappa shape index (κ1) is 15.8. The minimum absolute atomic E-state index is 0. The molecule has 7 heteroatoms. The fraction of sp³-hybridized carbons (Fsp3) is 0. The summed E-state index contributed by atoms with van der Waals surface area (Å²) in [4.78, 5) is 29.3. The molecule has 4 N–H and O–H groups in total. The number of hydrogen-bond donors (Lipinski definition) is 4. The van der Waals surface area contributed by atoms with E-state index < -0.39 is 9.05 Å². The van der Waals surface area contributed by atoms with Crippen LogP contribution in [0, 0.1) is 0 Å². The summed E-state index contributed by atoms with van der Waals surface area (Å²) in [5.74, 6) is 0. The van der Waals surface area contributed by atoms with Crippen LogP contribution in [-0.4, -0.2) is 76.9 Å². The fourth-order valence-corrected chi connectivity index (χ4v) is 0. The zero-order valence-corrected chi connectivity index (χ0v) is 7.70. The van der Waals surface area contributed by atoms with E-state index in [-0.39, 0.29) is 48.7 Å². The molecule has 0 aromatic rings. The minimum Gasteiger partial charge on any atom is -0.368 e. The Hall–Kier alpha value is 1.53. The molecule has 0 aromatic heterocycles. The first-order valence-corrected chi connectivity index (χ1v) is 2.68. The third-order valence-corrected chi connectivity index (χ3v) is 0. The maximum Gasteiger partial charge on any atom is 4.00 e. The smallest absolute Gasteiger partial charge is 0.368 e. The van der Waals surface area contributed by atoms with Crippen LogP contribution in [0.25, 0.3) is 0 Å². The molecule has 0 aliphatic carbocycles. The van der Waals surface area contributed by atoms with Crippen LogP contribution in [-0.2, 0) is 0 Å². The second-order valence-electron chi connectivity index (χ2n) is 0.600. The molecule has 0 fully saturated rings. The molecule has 0 saturated heterocycles. The molecular formula is H4CaO4Si2+6. The summed E-state index contributed by atoms with van der Waals surface area (Å²) < 4.78 is 0. The van der Waals surface area contributed by atoms with E-state index in [4.69, 9.17) is 19.2 Å².